The molecule has 1 rings (SSSR count). The van der Waals surface area contributed by atoms with Gasteiger partial charge in [-0.15, -0.1) is 0 Å². The summed E-state index contributed by atoms with van der Waals surface area (Å²) in [5.74, 6) is 0.574. The van der Waals surface area contributed by atoms with Crippen LogP contribution in [0.3, 0.4) is 0 Å². The zero-order valence-electron chi connectivity index (χ0n) is 12.0. The smallest absolute Gasteiger partial charge is 0.165 e. The van der Waals surface area contributed by atoms with Crippen molar-refractivity contribution < 1.29 is 9.13 Å². The zero-order chi connectivity index (χ0) is 13.8. The van der Waals surface area contributed by atoms with Crippen molar-refractivity contribution in [2.75, 3.05) is 20.7 Å². The highest BCUT2D eigenvalue weighted by molar-refractivity contribution is 5.34. The Morgan fingerprint density at radius 3 is 2.50 bits per heavy atom. The van der Waals surface area contributed by atoms with Crippen LogP contribution in [0.1, 0.15) is 32.8 Å². The van der Waals surface area contributed by atoms with E-state index in [9.17, 15) is 4.39 Å². The van der Waals surface area contributed by atoms with Gasteiger partial charge in [-0.05, 0) is 37.1 Å². The van der Waals surface area contributed by atoms with Gasteiger partial charge >= 0.3 is 0 Å². The van der Waals surface area contributed by atoms with Crippen LogP contribution in [0.15, 0.2) is 18.2 Å². The maximum absolute atomic E-state index is 13.8. The maximum Gasteiger partial charge on any atom is 0.165 e. The molecule has 0 radical (unpaired) electrons. The average Bonchev–Trinajstić information content (AvgIpc) is 2.28. The fraction of sp³-hybridized carbons (Fsp3) is 0.600. The molecule has 102 valence electrons. The number of nitrogens with one attached hydrogen (secondary N) is 1. The van der Waals surface area contributed by atoms with Gasteiger partial charge in [0.15, 0.2) is 11.6 Å². The van der Waals surface area contributed by atoms with Gasteiger partial charge < -0.3 is 10.1 Å². The first-order valence-corrected chi connectivity index (χ1v) is 6.41. The van der Waals surface area contributed by atoms with Gasteiger partial charge in [0.2, 0.25) is 0 Å². The molecule has 1 N–H and O–H groups in total. The molecule has 1 atom stereocenters. The third kappa shape index (κ3) is 3.45. The van der Waals surface area contributed by atoms with E-state index in [1.54, 1.807) is 12.1 Å². The summed E-state index contributed by atoms with van der Waals surface area (Å²) in [7, 11) is 3.41. The minimum absolute atomic E-state index is 0.0595. The van der Waals surface area contributed by atoms with Crippen LogP contribution in [0, 0.1) is 11.7 Å². The summed E-state index contributed by atoms with van der Waals surface area (Å²) in [6, 6.07) is 5.26. The highest BCUT2D eigenvalue weighted by atomic mass is 19.1. The first-order valence-electron chi connectivity index (χ1n) is 6.41. The number of hydrogen-bond acceptors (Lipinski definition) is 2. The van der Waals surface area contributed by atoms with Gasteiger partial charge in [0.25, 0.3) is 0 Å². The molecule has 0 aliphatic carbocycles. The number of benzene rings is 1. The van der Waals surface area contributed by atoms with Gasteiger partial charge in [-0.3, -0.25) is 0 Å². The van der Waals surface area contributed by atoms with Gasteiger partial charge in [0.05, 0.1) is 7.11 Å². The van der Waals surface area contributed by atoms with Gasteiger partial charge in [-0.2, -0.15) is 0 Å². The SMILES string of the molecule is CNCC(C)(CC(C)C)c1ccc(OC)c(F)c1. The van der Waals surface area contributed by atoms with Crippen molar-refractivity contribution in [3.63, 3.8) is 0 Å². The largest absolute Gasteiger partial charge is 0.494 e. The van der Waals surface area contributed by atoms with Crippen LogP contribution in [0.2, 0.25) is 0 Å². The maximum atomic E-state index is 13.8. The monoisotopic (exact) mass is 253 g/mol. The normalized spacial score (nSPS) is 14.6. The Morgan fingerprint density at radius 1 is 1.39 bits per heavy atom. The number of ether oxygens (including phenoxy) is 1. The standard InChI is InChI=1S/C15H24FNO/c1-11(2)9-15(3,10-17-4)12-6-7-14(18-5)13(16)8-12/h6-8,11,17H,9-10H2,1-5H3. The Kier molecular flexibility index (Phi) is 5.15. The molecule has 0 heterocycles. The molecule has 1 aromatic rings. The minimum atomic E-state index is -0.291. The van der Waals surface area contributed by atoms with Crippen LogP contribution in [0.4, 0.5) is 4.39 Å². The highest BCUT2D eigenvalue weighted by Crippen LogP contribution is 2.32. The number of likely N-dealkylation sites (N-methyl/N-ethyl adjacent to an activating group) is 1. The molecule has 0 aromatic heterocycles. The van der Waals surface area contributed by atoms with E-state index >= 15 is 0 Å². The molecular weight excluding hydrogens is 229 g/mol. The topological polar surface area (TPSA) is 21.3 Å². The summed E-state index contributed by atoms with van der Waals surface area (Å²) < 4.78 is 18.8. The highest BCUT2D eigenvalue weighted by Gasteiger charge is 2.27. The molecule has 0 aliphatic heterocycles. The van der Waals surface area contributed by atoms with Crippen molar-refractivity contribution in [2.24, 2.45) is 5.92 Å². The van der Waals surface area contributed by atoms with Crippen molar-refractivity contribution in [1.29, 1.82) is 0 Å². The van der Waals surface area contributed by atoms with E-state index in [1.807, 2.05) is 13.1 Å². The fourth-order valence-corrected chi connectivity index (χ4v) is 2.63. The quantitative estimate of drug-likeness (QED) is 0.839. The summed E-state index contributed by atoms with van der Waals surface area (Å²) in [5.41, 5.74) is 0.958. The van der Waals surface area contributed by atoms with Gasteiger partial charge in [0, 0.05) is 12.0 Å². The summed E-state index contributed by atoms with van der Waals surface area (Å²) in [6.45, 7) is 7.38. The van der Waals surface area contributed by atoms with E-state index in [1.165, 1.54) is 7.11 Å². The summed E-state index contributed by atoms with van der Waals surface area (Å²) >= 11 is 0. The van der Waals surface area contributed by atoms with Crippen molar-refractivity contribution >= 4 is 0 Å². The molecule has 0 amide bonds. The Labute approximate surface area is 110 Å². The van der Waals surface area contributed by atoms with Gasteiger partial charge in [-0.1, -0.05) is 26.8 Å². The van der Waals surface area contributed by atoms with E-state index in [4.69, 9.17) is 4.74 Å². The molecule has 2 nitrogen and oxygen atoms in total. The average molecular weight is 253 g/mol. The molecule has 1 aromatic carbocycles. The molecule has 0 aliphatic rings. The molecule has 0 spiro atoms. The molecule has 0 bridgehead atoms. The molecule has 1 unspecified atom stereocenters. The Balaban J connectivity index is 3.09. The minimum Gasteiger partial charge on any atom is -0.494 e. The Bertz CT molecular complexity index is 392. The lowest BCUT2D eigenvalue weighted by atomic mass is 9.76. The van der Waals surface area contributed by atoms with Crippen LogP contribution in [-0.2, 0) is 5.41 Å². The van der Waals surface area contributed by atoms with E-state index in [2.05, 4.69) is 26.1 Å². The summed E-state index contributed by atoms with van der Waals surface area (Å²) in [5, 5.41) is 3.21. The first kappa shape index (κ1) is 15.0. The van der Waals surface area contributed by atoms with Crippen molar-refractivity contribution in [2.45, 2.75) is 32.6 Å². The van der Waals surface area contributed by atoms with Crippen LogP contribution < -0.4 is 10.1 Å². The van der Waals surface area contributed by atoms with Gasteiger partial charge in [0.1, 0.15) is 0 Å². The van der Waals surface area contributed by atoms with Crippen LogP contribution in [0.25, 0.3) is 0 Å². The predicted octanol–water partition coefficient (Wildman–Crippen LogP) is 3.36. The summed E-state index contributed by atoms with van der Waals surface area (Å²) in [6.07, 6.45) is 1.01. The third-order valence-corrected chi connectivity index (χ3v) is 3.27. The Hall–Kier alpha value is -1.09. The molecule has 18 heavy (non-hydrogen) atoms. The van der Waals surface area contributed by atoms with E-state index in [-0.39, 0.29) is 11.2 Å². The third-order valence-electron chi connectivity index (χ3n) is 3.27. The lowest BCUT2D eigenvalue weighted by molar-refractivity contribution is 0.352. The lowest BCUT2D eigenvalue weighted by Gasteiger charge is -2.32. The second-order valence-corrected chi connectivity index (χ2v) is 5.54. The van der Waals surface area contributed by atoms with E-state index in [0.29, 0.717) is 11.7 Å². The lowest BCUT2D eigenvalue weighted by Crippen LogP contribution is -2.35. The van der Waals surface area contributed by atoms with Crippen LogP contribution >= 0.6 is 0 Å². The fourth-order valence-electron chi connectivity index (χ4n) is 2.63. The second-order valence-electron chi connectivity index (χ2n) is 5.54. The van der Waals surface area contributed by atoms with E-state index in [0.717, 1.165) is 18.5 Å². The number of halogens is 1. The molecule has 0 saturated carbocycles. The number of hydrogen-bond donors (Lipinski definition) is 1. The zero-order valence-corrected chi connectivity index (χ0v) is 12.0. The molecule has 0 fully saturated rings. The predicted molar refractivity (Wildman–Crippen MR) is 73.7 cm³/mol. The van der Waals surface area contributed by atoms with E-state index < -0.39 is 0 Å². The van der Waals surface area contributed by atoms with Gasteiger partial charge in [-0.25, -0.2) is 4.39 Å². The first-order chi connectivity index (χ1) is 8.42. The number of rotatable bonds is 6. The second kappa shape index (κ2) is 6.19. The molecule has 0 saturated heterocycles. The molecular formula is C15H24FNO. The van der Waals surface area contributed by atoms with Crippen LogP contribution in [0.5, 0.6) is 5.75 Å². The summed E-state index contributed by atoms with van der Waals surface area (Å²) in [4.78, 5) is 0. The Morgan fingerprint density at radius 2 is 2.06 bits per heavy atom. The number of methoxy groups -OCH3 is 1. The van der Waals surface area contributed by atoms with Crippen LogP contribution in [-0.4, -0.2) is 20.7 Å². The van der Waals surface area contributed by atoms with Crippen molar-refractivity contribution in [3.05, 3.63) is 29.6 Å². The van der Waals surface area contributed by atoms with Crippen molar-refractivity contribution in [3.8, 4) is 5.75 Å². The van der Waals surface area contributed by atoms with Crippen molar-refractivity contribution in [1.82, 2.24) is 5.32 Å². The molecule has 3 heteroatoms.